The van der Waals surface area contributed by atoms with Crippen molar-refractivity contribution in [3.05, 3.63) is 71.8 Å². The highest BCUT2D eigenvalue weighted by atomic mass is 32.2. The Balaban J connectivity index is 2.37. The second-order valence-electron chi connectivity index (χ2n) is 24.2. The van der Waals surface area contributed by atoms with E-state index in [9.17, 15) is 57.5 Å². The molecule has 2 aromatic carbocycles. The van der Waals surface area contributed by atoms with E-state index >= 15 is 0 Å². The Morgan fingerprint density at radius 3 is 1.24 bits per heavy atom. The Kier molecular flexibility index (Phi) is 43.3. The number of thioether (sulfide) groups is 2. The number of amides is 12. The summed E-state index contributed by atoms with van der Waals surface area (Å²) in [6.07, 6.45) is 7.71. The topological polar surface area (TPSA) is 532 Å². The molecule has 25 N–H and O–H groups in total. The number of carbonyl (C=O) groups excluding carboxylic acids is 12. The van der Waals surface area contributed by atoms with Gasteiger partial charge in [0, 0.05) is 19.4 Å². The van der Waals surface area contributed by atoms with Crippen molar-refractivity contribution in [1.82, 2.24) is 58.5 Å². The monoisotopic (exact) mass is 1410 g/mol. The van der Waals surface area contributed by atoms with Crippen LogP contribution in [0.1, 0.15) is 122 Å². The Bertz CT molecular complexity index is 2850. The first-order valence-corrected chi connectivity index (χ1v) is 36.1. The lowest BCUT2D eigenvalue weighted by atomic mass is 10.0. The van der Waals surface area contributed by atoms with Crippen LogP contribution in [0, 0.1) is 5.92 Å². The molecule has 2 aromatic rings. The molecule has 548 valence electrons. The van der Waals surface area contributed by atoms with Gasteiger partial charge in [0.15, 0.2) is 5.96 Å². The molecule has 0 unspecified atom stereocenters. The maximum Gasteiger partial charge on any atom is 0.243 e. The zero-order chi connectivity index (χ0) is 73.0. The smallest absolute Gasteiger partial charge is 0.243 e. The summed E-state index contributed by atoms with van der Waals surface area (Å²) in [5.41, 5.74) is 41.0. The largest absolute Gasteiger partial charge is 0.370 e. The van der Waals surface area contributed by atoms with E-state index in [1.165, 1.54) is 30.4 Å². The maximum absolute atomic E-state index is 14.7. The molecule has 0 aromatic heterocycles. The zero-order valence-corrected chi connectivity index (χ0v) is 58.9. The Morgan fingerprint density at radius 1 is 0.408 bits per heavy atom. The summed E-state index contributed by atoms with van der Waals surface area (Å²) in [6.45, 7) is 4.89. The van der Waals surface area contributed by atoms with E-state index in [0.29, 0.717) is 74.1 Å². The van der Waals surface area contributed by atoms with Gasteiger partial charge in [0.05, 0.1) is 19.1 Å². The van der Waals surface area contributed by atoms with E-state index in [-0.39, 0.29) is 89.3 Å². The van der Waals surface area contributed by atoms with Gasteiger partial charge in [0.25, 0.3) is 0 Å². The van der Waals surface area contributed by atoms with Crippen LogP contribution < -0.4 is 98.6 Å². The fourth-order valence-corrected chi connectivity index (χ4v) is 10.8. The number of aliphatic imine (C=N–C) groups is 1. The number of unbranched alkanes of at least 4 members (excludes halogenated alkanes) is 3. The third kappa shape index (κ3) is 35.9. The number of nitrogens with one attached hydrogen (secondary N) is 11. The molecule has 0 aliphatic heterocycles. The number of primary amides is 1. The second kappa shape index (κ2) is 49.4. The first kappa shape index (κ1) is 86.0. The molecule has 0 saturated heterocycles. The van der Waals surface area contributed by atoms with Crippen molar-refractivity contribution in [2.24, 2.45) is 51.0 Å². The first-order chi connectivity index (χ1) is 46.8. The first-order valence-electron chi connectivity index (χ1n) is 33.3. The van der Waals surface area contributed by atoms with Gasteiger partial charge in [-0.25, -0.2) is 0 Å². The Morgan fingerprint density at radius 2 is 0.776 bits per heavy atom. The second-order valence-corrected chi connectivity index (χ2v) is 26.1. The number of benzene rings is 2. The minimum absolute atomic E-state index is 0.0420. The van der Waals surface area contributed by atoms with E-state index in [0.717, 1.165) is 0 Å². The van der Waals surface area contributed by atoms with Gasteiger partial charge in [-0.2, -0.15) is 23.5 Å². The third-order valence-corrected chi connectivity index (χ3v) is 16.7. The van der Waals surface area contributed by atoms with Gasteiger partial charge in [-0.15, -0.1) is 0 Å². The zero-order valence-electron chi connectivity index (χ0n) is 57.3. The molecule has 33 heteroatoms. The molecule has 10 atom stereocenters. The van der Waals surface area contributed by atoms with E-state index in [1.54, 1.807) is 66.9 Å². The van der Waals surface area contributed by atoms with Gasteiger partial charge in [-0.05, 0) is 151 Å². The van der Waals surface area contributed by atoms with Gasteiger partial charge in [0.1, 0.15) is 54.4 Å². The summed E-state index contributed by atoms with van der Waals surface area (Å²) in [5.74, 6) is -8.17. The number of hydrogen-bond donors (Lipinski definition) is 18. The molecule has 0 aliphatic carbocycles. The molecule has 0 aliphatic rings. The van der Waals surface area contributed by atoms with Gasteiger partial charge in [-0.1, -0.05) is 80.9 Å². The van der Waals surface area contributed by atoms with Crippen molar-refractivity contribution in [3.63, 3.8) is 0 Å². The van der Waals surface area contributed by atoms with Gasteiger partial charge in [0.2, 0.25) is 70.9 Å². The van der Waals surface area contributed by atoms with Crippen molar-refractivity contribution in [2.75, 3.05) is 63.3 Å². The molecule has 0 spiro atoms. The normalized spacial score (nSPS) is 14.1. The van der Waals surface area contributed by atoms with Crippen molar-refractivity contribution in [3.8, 4) is 0 Å². The van der Waals surface area contributed by atoms with Gasteiger partial charge < -0.3 is 98.6 Å². The SMILES string of the molecule is CSCC[C@H](NC(=O)[C@H](CC(C)C)NC(=O)CNC(=O)[C@H](Cc1ccccc1)NC(=O)[C@H](Cc1ccccc1)NC(=O)[C@H](CCCCN)NC(=O)[C@H](CCSC)NC(=O)CNC(=O)[C@H](CCCCN)NC(=O)[C@H](C)NC(=O)[C@H](CCCN=C(N)N)NC(=O)[C@@H](N)CCCCN)C(N)=O. The quantitative estimate of drug-likeness (QED) is 0.0177. The number of nitrogens with zero attached hydrogens (tertiary/aromatic N) is 1. The van der Waals surface area contributed by atoms with Crippen molar-refractivity contribution in [1.29, 1.82) is 0 Å². The minimum atomic E-state index is -1.36. The van der Waals surface area contributed by atoms with Crippen LogP contribution in [0.15, 0.2) is 65.7 Å². The van der Waals surface area contributed by atoms with Crippen LogP contribution in [0.25, 0.3) is 0 Å². The Labute approximate surface area is 583 Å². The van der Waals surface area contributed by atoms with Crippen LogP contribution in [0.3, 0.4) is 0 Å². The molecule has 0 radical (unpaired) electrons. The molecule has 0 bridgehead atoms. The van der Waals surface area contributed by atoms with Crippen molar-refractivity contribution < 1.29 is 57.5 Å². The molecule has 0 heterocycles. The van der Waals surface area contributed by atoms with Gasteiger partial charge >= 0.3 is 0 Å². The molecule has 0 saturated carbocycles. The minimum Gasteiger partial charge on any atom is -0.370 e. The summed E-state index contributed by atoms with van der Waals surface area (Å²) in [5, 5.41) is 29.2. The summed E-state index contributed by atoms with van der Waals surface area (Å²) in [4.78, 5) is 169. The molecule has 31 nitrogen and oxygen atoms in total. The van der Waals surface area contributed by atoms with Crippen LogP contribution in [-0.4, -0.2) is 201 Å². The number of carbonyl (C=O) groups is 12. The Hall–Kier alpha value is -8.11. The highest BCUT2D eigenvalue weighted by molar-refractivity contribution is 7.98. The number of hydrogen-bond acceptors (Lipinski definition) is 19. The highest BCUT2D eigenvalue weighted by Crippen LogP contribution is 2.13. The van der Waals surface area contributed by atoms with E-state index < -0.39 is 144 Å². The number of nitrogens with two attached hydrogens (primary N) is 7. The number of guanidine groups is 1. The number of rotatable bonds is 51. The molecule has 0 fully saturated rings. The predicted molar refractivity (Wildman–Crippen MR) is 381 cm³/mol. The summed E-state index contributed by atoms with van der Waals surface area (Å²) in [6, 6.07) is 5.62. The van der Waals surface area contributed by atoms with Crippen LogP contribution in [0.2, 0.25) is 0 Å². The van der Waals surface area contributed by atoms with E-state index in [4.69, 9.17) is 40.1 Å². The average Bonchev–Trinajstić information content (AvgIpc) is 0.873. The van der Waals surface area contributed by atoms with Crippen molar-refractivity contribution in [2.45, 2.75) is 184 Å². The van der Waals surface area contributed by atoms with Crippen LogP contribution in [0.5, 0.6) is 0 Å². The summed E-state index contributed by atoms with van der Waals surface area (Å²) < 4.78 is 0. The lowest BCUT2D eigenvalue weighted by Crippen LogP contribution is -2.59. The lowest BCUT2D eigenvalue weighted by molar-refractivity contribution is -0.135. The van der Waals surface area contributed by atoms with E-state index in [2.05, 4.69) is 63.5 Å². The van der Waals surface area contributed by atoms with Gasteiger partial charge in [-0.3, -0.25) is 62.5 Å². The molecular weight excluding hydrogens is 1300 g/mol. The molecule has 98 heavy (non-hydrogen) atoms. The fourth-order valence-electron chi connectivity index (χ4n) is 9.90. The van der Waals surface area contributed by atoms with Crippen molar-refractivity contribution >= 4 is 100 Å². The summed E-state index contributed by atoms with van der Waals surface area (Å²) in [7, 11) is 0. The van der Waals surface area contributed by atoms with Crippen LogP contribution >= 0.6 is 23.5 Å². The molecule has 12 amide bonds. The fraction of sp³-hybridized carbons (Fsp3) is 0.615. The maximum atomic E-state index is 14.7. The average molecular weight is 1410 g/mol. The lowest BCUT2D eigenvalue weighted by Gasteiger charge is -2.27. The third-order valence-electron chi connectivity index (χ3n) is 15.4. The molecule has 2 rings (SSSR count). The summed E-state index contributed by atoms with van der Waals surface area (Å²) >= 11 is 2.84. The highest BCUT2D eigenvalue weighted by Gasteiger charge is 2.34. The van der Waals surface area contributed by atoms with Crippen LogP contribution in [0.4, 0.5) is 0 Å². The molecular formula is C65H109N19O12S2. The predicted octanol–water partition coefficient (Wildman–Crippen LogP) is -3.11. The van der Waals surface area contributed by atoms with E-state index in [1.807, 2.05) is 20.1 Å². The van der Waals surface area contributed by atoms with Crippen LogP contribution in [-0.2, 0) is 70.4 Å². The standard InChI is InChI=1S/C65H109N19O12S2/c1-40(2)35-50(63(95)79-45(55(70)87)27-33-97-4)78-54(86)39-75-59(91)51(36-42-19-8-6-9-20-42)83-64(96)52(37-43-21-10-7-11-22-43)84-61(93)47(25-14-17-31-68)82-62(94)49(28-34-98-5)77-53(85)38-74-58(90)46(24-13-16-30-67)80-56(88)41(3)76-60(92)48(26-18-32-73-65(71)72)81-57(89)44(69)23-12-15-29-66/h6-11,19-22,40-41,44-52H,12-18,23-39,66-69H2,1-5H3,(H2,70,87)(H,74,90)(H,75,91)(H,76,92)(H,77,85)(H,78,86)(H,79,95)(H,80,88)(H,81,89)(H,82,94)(H,83,96)(H,84,93)(H4,71,72,73)/t41-,44-,45-,46-,47-,48-,49-,50-,51-,52-/m0/s1.